The molecule has 1 aromatic carbocycles. The van der Waals surface area contributed by atoms with E-state index in [1.807, 2.05) is 12.1 Å². The van der Waals surface area contributed by atoms with E-state index in [1.54, 1.807) is 0 Å². The maximum Gasteiger partial charge on any atom is 0.225 e. The molecule has 0 radical (unpaired) electrons. The molecule has 6 heteroatoms. The Morgan fingerprint density at radius 1 is 1.06 bits per heavy atom. The number of aliphatic hydroxyl groups excluding tert-OH is 1. The molecule has 0 aromatic heterocycles. The van der Waals surface area contributed by atoms with E-state index in [0.29, 0.717) is 17.2 Å². The summed E-state index contributed by atoms with van der Waals surface area (Å²) in [6.07, 6.45) is 8.71. The highest BCUT2D eigenvalue weighted by Crippen LogP contribution is 2.43. The minimum atomic E-state index is -0.750. The van der Waals surface area contributed by atoms with Gasteiger partial charge in [-0.2, -0.15) is 5.26 Å². The van der Waals surface area contributed by atoms with E-state index in [9.17, 15) is 4.79 Å². The van der Waals surface area contributed by atoms with Gasteiger partial charge < -0.3 is 15.1 Å². The first-order valence-corrected chi connectivity index (χ1v) is 12.6. The van der Waals surface area contributed by atoms with Gasteiger partial charge in [0.15, 0.2) is 0 Å². The van der Waals surface area contributed by atoms with Crippen molar-refractivity contribution in [3.63, 3.8) is 0 Å². The first-order chi connectivity index (χ1) is 15.9. The number of hydrogen-bond acceptors (Lipinski definition) is 5. The average Bonchev–Trinajstić information content (AvgIpc) is 2.81. The fraction of sp³-hybridized carbons (Fsp3) is 0.704. The Balaban J connectivity index is 0.000000968. The van der Waals surface area contributed by atoms with Gasteiger partial charge in [-0.25, -0.2) is 0 Å². The van der Waals surface area contributed by atoms with Gasteiger partial charge in [-0.15, -0.1) is 0 Å². The highest BCUT2D eigenvalue weighted by molar-refractivity contribution is 5.79. The second kappa shape index (κ2) is 12.0. The Bertz CT molecular complexity index is 788. The van der Waals surface area contributed by atoms with Crippen molar-refractivity contribution in [3.8, 4) is 6.07 Å². The zero-order valence-corrected chi connectivity index (χ0v) is 20.4. The lowest BCUT2D eigenvalue weighted by Gasteiger charge is -2.50. The van der Waals surface area contributed by atoms with Gasteiger partial charge >= 0.3 is 0 Å². The molecule has 1 unspecified atom stereocenters. The molecule has 2 aliphatic heterocycles. The van der Waals surface area contributed by atoms with Crippen molar-refractivity contribution in [3.05, 3.63) is 35.4 Å². The van der Waals surface area contributed by atoms with Gasteiger partial charge in [0.25, 0.3) is 0 Å². The second-order valence-corrected chi connectivity index (χ2v) is 10.7. The summed E-state index contributed by atoms with van der Waals surface area (Å²) in [7, 11) is 0. The molecule has 182 valence electrons. The summed E-state index contributed by atoms with van der Waals surface area (Å²) in [4.78, 5) is 17.7. The van der Waals surface area contributed by atoms with Crippen LogP contribution in [0.2, 0.25) is 0 Å². The molecular weight excluding hydrogens is 414 g/mol. The molecule has 2 saturated heterocycles. The van der Waals surface area contributed by atoms with Crippen LogP contribution in [0.15, 0.2) is 24.3 Å². The summed E-state index contributed by atoms with van der Waals surface area (Å²) in [6.45, 7) is 8.92. The lowest BCUT2D eigenvalue weighted by molar-refractivity contribution is -0.146. The van der Waals surface area contributed by atoms with Crippen molar-refractivity contribution in [2.24, 2.45) is 23.2 Å². The van der Waals surface area contributed by atoms with Crippen LogP contribution >= 0.6 is 0 Å². The summed E-state index contributed by atoms with van der Waals surface area (Å²) in [5.74, 6) is 2.15. The van der Waals surface area contributed by atoms with Crippen LogP contribution in [-0.2, 0) is 11.3 Å². The van der Waals surface area contributed by atoms with Gasteiger partial charge in [0.05, 0.1) is 11.6 Å². The third kappa shape index (κ3) is 7.02. The van der Waals surface area contributed by atoms with Crippen molar-refractivity contribution < 1.29 is 15.0 Å². The number of carbonyl (C=O) groups excluding carboxylic acids is 1. The lowest BCUT2D eigenvalue weighted by Crippen LogP contribution is -2.55. The van der Waals surface area contributed by atoms with Gasteiger partial charge in [-0.3, -0.25) is 9.69 Å². The largest absolute Gasteiger partial charge is 0.371 e. The number of aliphatic hydroxyl groups is 2. The van der Waals surface area contributed by atoms with Crippen molar-refractivity contribution in [1.82, 2.24) is 9.80 Å². The Morgan fingerprint density at radius 3 is 2.24 bits per heavy atom. The molecule has 6 nitrogen and oxygen atoms in total. The Kier molecular flexibility index (Phi) is 9.31. The van der Waals surface area contributed by atoms with Crippen LogP contribution in [-0.4, -0.2) is 58.9 Å². The molecule has 4 rings (SSSR count). The summed E-state index contributed by atoms with van der Waals surface area (Å²) in [5.41, 5.74) is 2.33. The van der Waals surface area contributed by atoms with Gasteiger partial charge in [-0.05, 0) is 80.1 Å². The standard InChI is InChI=1S/C26H37N3O.CH4O2/c1-20-3-5-24(6-4-20)18-29-19-26(15-21(2)25(29)30)11-13-28(14-12-26)17-23-9-7-22(16-27)8-10-23;2-1-3/h7-10,20-21,24H,3-6,11-15,17-19H2,1-2H3;2-3H,1H2. The number of carbonyl (C=O) groups is 1. The summed E-state index contributed by atoms with van der Waals surface area (Å²) >= 11 is 0. The maximum absolute atomic E-state index is 12.9. The first kappa shape index (κ1) is 25.7. The van der Waals surface area contributed by atoms with E-state index in [1.165, 1.54) is 44.1 Å². The Labute approximate surface area is 199 Å². The molecule has 3 aliphatic rings. The van der Waals surface area contributed by atoms with Crippen LogP contribution < -0.4 is 0 Å². The van der Waals surface area contributed by atoms with Gasteiger partial charge in [-0.1, -0.05) is 38.8 Å². The van der Waals surface area contributed by atoms with Crippen LogP contribution in [0.4, 0.5) is 0 Å². The smallest absolute Gasteiger partial charge is 0.225 e. The zero-order valence-electron chi connectivity index (χ0n) is 20.4. The molecule has 3 fully saturated rings. The molecule has 1 aliphatic carbocycles. The molecule has 0 bridgehead atoms. The molecule has 1 spiro atoms. The van der Waals surface area contributed by atoms with Crippen LogP contribution in [0.25, 0.3) is 0 Å². The lowest BCUT2D eigenvalue weighted by atomic mass is 9.69. The number of nitriles is 1. The highest BCUT2D eigenvalue weighted by Gasteiger charge is 2.44. The topological polar surface area (TPSA) is 87.8 Å². The fourth-order valence-corrected chi connectivity index (χ4v) is 6.06. The van der Waals surface area contributed by atoms with E-state index in [-0.39, 0.29) is 5.92 Å². The number of piperidine rings is 2. The van der Waals surface area contributed by atoms with Crippen molar-refractivity contribution in [2.45, 2.75) is 65.3 Å². The van der Waals surface area contributed by atoms with Crippen molar-refractivity contribution in [1.29, 1.82) is 5.26 Å². The monoisotopic (exact) mass is 455 g/mol. The second-order valence-electron chi connectivity index (χ2n) is 10.7. The minimum Gasteiger partial charge on any atom is -0.371 e. The third-order valence-electron chi connectivity index (χ3n) is 8.02. The summed E-state index contributed by atoms with van der Waals surface area (Å²) in [5, 5.41) is 23.2. The number of amides is 1. The minimum absolute atomic E-state index is 0.173. The molecule has 1 aromatic rings. The van der Waals surface area contributed by atoms with E-state index < -0.39 is 6.79 Å². The van der Waals surface area contributed by atoms with Crippen LogP contribution in [0.1, 0.15) is 69.9 Å². The Morgan fingerprint density at radius 2 is 1.67 bits per heavy atom. The molecule has 1 atom stereocenters. The molecule has 33 heavy (non-hydrogen) atoms. The van der Waals surface area contributed by atoms with Gasteiger partial charge in [0.1, 0.15) is 6.79 Å². The Hall–Kier alpha value is -1.94. The zero-order chi connectivity index (χ0) is 23.8. The number of rotatable bonds is 4. The van der Waals surface area contributed by atoms with Crippen molar-refractivity contribution >= 4 is 5.91 Å². The van der Waals surface area contributed by atoms with E-state index in [0.717, 1.165) is 50.6 Å². The normalized spacial score (nSPS) is 27.5. The number of nitrogens with zero attached hydrogens (tertiary/aromatic N) is 3. The SMILES string of the molecule is CC1CCC(CN2CC3(CCN(Cc4ccc(C#N)cc4)CC3)CC(C)C2=O)CC1.OCO. The predicted molar refractivity (Wildman–Crippen MR) is 129 cm³/mol. The molecule has 1 saturated carbocycles. The summed E-state index contributed by atoms with van der Waals surface area (Å²) < 4.78 is 0. The fourth-order valence-electron chi connectivity index (χ4n) is 6.06. The van der Waals surface area contributed by atoms with Crippen LogP contribution in [0.3, 0.4) is 0 Å². The average molecular weight is 456 g/mol. The molecule has 2 N–H and O–H groups in total. The van der Waals surface area contributed by atoms with Crippen molar-refractivity contribution in [2.75, 3.05) is 33.0 Å². The highest BCUT2D eigenvalue weighted by atomic mass is 16.5. The van der Waals surface area contributed by atoms with Gasteiger partial charge in [0.2, 0.25) is 5.91 Å². The number of hydrogen-bond donors (Lipinski definition) is 2. The third-order valence-corrected chi connectivity index (χ3v) is 8.02. The number of likely N-dealkylation sites (tertiary alicyclic amines) is 2. The van der Waals surface area contributed by atoms with E-state index in [2.05, 4.69) is 41.8 Å². The van der Waals surface area contributed by atoms with Crippen LogP contribution in [0.5, 0.6) is 0 Å². The van der Waals surface area contributed by atoms with E-state index >= 15 is 0 Å². The van der Waals surface area contributed by atoms with E-state index in [4.69, 9.17) is 15.5 Å². The molecule has 1 amide bonds. The summed E-state index contributed by atoms with van der Waals surface area (Å²) in [6, 6.07) is 10.2. The quantitative estimate of drug-likeness (QED) is 0.675. The predicted octanol–water partition coefficient (Wildman–Crippen LogP) is 3.76. The maximum atomic E-state index is 12.9. The number of benzene rings is 1. The van der Waals surface area contributed by atoms with Gasteiger partial charge in [0, 0.05) is 25.6 Å². The first-order valence-electron chi connectivity index (χ1n) is 12.6. The molecule has 2 heterocycles. The molecular formula is C27H41N3O3. The van der Waals surface area contributed by atoms with Crippen LogP contribution in [0, 0.1) is 34.5 Å².